The van der Waals surface area contributed by atoms with Gasteiger partial charge in [-0.05, 0) is 37.6 Å². The van der Waals surface area contributed by atoms with Crippen molar-refractivity contribution in [3.8, 4) is 0 Å². The summed E-state index contributed by atoms with van der Waals surface area (Å²) in [5.41, 5.74) is 0.876. The molecule has 0 aliphatic carbocycles. The molecular formula is C18H16Cl2F3N3O2S. The van der Waals surface area contributed by atoms with Crippen molar-refractivity contribution in [2.75, 3.05) is 6.54 Å². The molecule has 2 aromatic carbocycles. The number of aryl methyl sites for hydroxylation is 1. The van der Waals surface area contributed by atoms with Gasteiger partial charge < -0.3 is 4.90 Å². The lowest BCUT2D eigenvalue weighted by Gasteiger charge is -2.43. The minimum Gasteiger partial charge on any atom is -0.342 e. The van der Waals surface area contributed by atoms with E-state index >= 15 is 0 Å². The van der Waals surface area contributed by atoms with E-state index in [4.69, 9.17) is 23.2 Å². The normalized spacial score (nSPS) is 17.8. The number of nitrogens with one attached hydrogen (secondary N) is 1. The first kappa shape index (κ1) is 21.7. The summed E-state index contributed by atoms with van der Waals surface area (Å²) >= 11 is 12.3. The maximum atomic E-state index is 13.3. The summed E-state index contributed by atoms with van der Waals surface area (Å²) in [6.45, 7) is 1.82. The fourth-order valence-electron chi connectivity index (χ4n) is 2.83. The Kier molecular flexibility index (Phi) is 6.03. The van der Waals surface area contributed by atoms with E-state index in [9.17, 15) is 21.6 Å². The lowest BCUT2D eigenvalue weighted by Crippen LogP contribution is -2.58. The van der Waals surface area contributed by atoms with Gasteiger partial charge >= 0.3 is 6.18 Å². The van der Waals surface area contributed by atoms with Crippen LogP contribution in [-0.4, -0.2) is 37.9 Å². The fraction of sp³-hybridized carbons (Fsp3) is 0.278. The number of sulfonamides is 1. The van der Waals surface area contributed by atoms with Gasteiger partial charge in [-0.1, -0.05) is 47.0 Å². The molecule has 1 atom stereocenters. The average Bonchev–Trinajstić information content (AvgIpc) is 2.57. The van der Waals surface area contributed by atoms with Gasteiger partial charge in [0.05, 0.1) is 20.5 Å². The molecular weight excluding hydrogens is 450 g/mol. The molecule has 1 heterocycles. The predicted molar refractivity (Wildman–Crippen MR) is 106 cm³/mol. The van der Waals surface area contributed by atoms with Crippen molar-refractivity contribution in [1.29, 1.82) is 0 Å². The summed E-state index contributed by atoms with van der Waals surface area (Å²) < 4.78 is 65.0. The molecule has 156 valence electrons. The Morgan fingerprint density at radius 2 is 1.72 bits per heavy atom. The Balaban J connectivity index is 2.03. The van der Waals surface area contributed by atoms with Crippen molar-refractivity contribution >= 4 is 39.1 Å². The second-order valence-corrected chi connectivity index (χ2v) is 8.95. The van der Waals surface area contributed by atoms with Crippen molar-refractivity contribution in [1.82, 2.24) is 9.73 Å². The summed E-state index contributed by atoms with van der Waals surface area (Å²) in [5, 5.41) is 3.92. The highest BCUT2D eigenvalue weighted by Crippen LogP contribution is 2.37. The first-order chi connectivity index (χ1) is 13.5. The van der Waals surface area contributed by atoms with Crippen molar-refractivity contribution in [3.05, 3.63) is 63.6 Å². The van der Waals surface area contributed by atoms with Crippen molar-refractivity contribution < 1.29 is 21.6 Å². The molecule has 29 heavy (non-hydrogen) atoms. The molecule has 0 spiro atoms. The Morgan fingerprint density at radius 3 is 2.21 bits per heavy atom. The number of halogens is 5. The van der Waals surface area contributed by atoms with Crippen LogP contribution in [0, 0.1) is 6.92 Å². The fourth-order valence-corrected chi connectivity index (χ4v) is 4.20. The van der Waals surface area contributed by atoms with Crippen LogP contribution in [0.2, 0.25) is 10.0 Å². The predicted octanol–water partition coefficient (Wildman–Crippen LogP) is 4.58. The molecule has 0 saturated carbocycles. The highest BCUT2D eigenvalue weighted by molar-refractivity contribution is 7.89. The zero-order chi connectivity index (χ0) is 21.4. The van der Waals surface area contributed by atoms with Crippen LogP contribution in [0.1, 0.15) is 17.5 Å². The first-order valence-corrected chi connectivity index (χ1v) is 10.7. The van der Waals surface area contributed by atoms with Gasteiger partial charge in [-0.2, -0.15) is 26.4 Å². The number of nitrogens with zero attached hydrogens (tertiary/aromatic N) is 2. The Bertz CT molecular complexity index is 1020. The number of likely N-dealkylation sites (tertiary alicyclic amines) is 1. The van der Waals surface area contributed by atoms with Crippen LogP contribution in [0.5, 0.6) is 0 Å². The third kappa shape index (κ3) is 4.62. The van der Waals surface area contributed by atoms with E-state index in [1.807, 2.05) is 4.83 Å². The van der Waals surface area contributed by atoms with E-state index in [-0.39, 0.29) is 39.3 Å². The minimum absolute atomic E-state index is 0.0244. The molecule has 3 rings (SSSR count). The molecule has 0 bridgehead atoms. The van der Waals surface area contributed by atoms with Crippen molar-refractivity contribution in [3.63, 3.8) is 0 Å². The molecule has 0 amide bonds. The second-order valence-electron chi connectivity index (χ2n) is 6.48. The number of hydrazone groups is 1. The van der Waals surface area contributed by atoms with Gasteiger partial charge in [0.25, 0.3) is 10.0 Å². The SMILES string of the molecule is Cc1ccc(S(=O)(=O)N/N=C(\c2c(Cl)cccc2Cl)N2CCC2C(F)(F)F)cc1. The number of alkyl halides is 3. The van der Waals surface area contributed by atoms with E-state index < -0.39 is 22.2 Å². The topological polar surface area (TPSA) is 61.8 Å². The standard InChI is InChI=1S/C18H16Cl2F3N3O2S/c1-11-5-7-12(8-6-11)29(27,28)25-24-17(16-13(19)3-2-4-14(16)20)26-10-9-15(26)18(21,22)23/h2-8,15,25H,9-10H2,1H3/b24-17+. The summed E-state index contributed by atoms with van der Waals surface area (Å²) in [5.74, 6) is -0.287. The van der Waals surface area contributed by atoms with Gasteiger partial charge in [-0.3, -0.25) is 0 Å². The van der Waals surface area contributed by atoms with E-state index in [0.717, 1.165) is 10.5 Å². The van der Waals surface area contributed by atoms with Gasteiger partial charge in [0, 0.05) is 6.54 Å². The van der Waals surface area contributed by atoms with Crippen LogP contribution in [0.15, 0.2) is 52.5 Å². The van der Waals surface area contributed by atoms with Crippen molar-refractivity contribution in [2.24, 2.45) is 5.10 Å². The number of hydrogen-bond acceptors (Lipinski definition) is 3. The molecule has 1 saturated heterocycles. The van der Waals surface area contributed by atoms with Crippen LogP contribution in [0.4, 0.5) is 13.2 Å². The highest BCUT2D eigenvalue weighted by atomic mass is 35.5. The lowest BCUT2D eigenvalue weighted by atomic mass is 10.00. The van der Waals surface area contributed by atoms with Gasteiger partial charge in [0.15, 0.2) is 5.84 Å². The van der Waals surface area contributed by atoms with Gasteiger partial charge in [0.2, 0.25) is 0 Å². The quantitative estimate of drug-likeness (QED) is 0.408. The van der Waals surface area contributed by atoms with E-state index in [1.54, 1.807) is 19.1 Å². The Labute approximate surface area is 176 Å². The first-order valence-electron chi connectivity index (χ1n) is 8.44. The summed E-state index contributed by atoms with van der Waals surface area (Å²) in [7, 11) is -4.11. The van der Waals surface area contributed by atoms with Gasteiger partial charge in [0.1, 0.15) is 6.04 Å². The molecule has 0 aromatic heterocycles. The second kappa shape index (κ2) is 8.04. The Morgan fingerprint density at radius 1 is 1.14 bits per heavy atom. The van der Waals surface area contributed by atoms with Crippen LogP contribution < -0.4 is 4.83 Å². The number of benzene rings is 2. The molecule has 1 fully saturated rings. The summed E-state index contributed by atoms with van der Waals surface area (Å²) in [4.78, 5) is 2.86. The monoisotopic (exact) mass is 465 g/mol. The molecule has 1 N–H and O–H groups in total. The van der Waals surface area contributed by atoms with Crippen LogP contribution in [0.3, 0.4) is 0 Å². The molecule has 1 unspecified atom stereocenters. The molecule has 0 radical (unpaired) electrons. The number of hydrogen-bond donors (Lipinski definition) is 1. The maximum absolute atomic E-state index is 13.3. The zero-order valence-corrected chi connectivity index (χ0v) is 17.4. The van der Waals surface area contributed by atoms with Crippen LogP contribution in [-0.2, 0) is 10.0 Å². The third-order valence-corrected chi connectivity index (χ3v) is 6.31. The molecule has 5 nitrogen and oxygen atoms in total. The number of rotatable bonds is 4. The van der Waals surface area contributed by atoms with Crippen molar-refractivity contribution in [2.45, 2.75) is 30.5 Å². The number of amidine groups is 1. The van der Waals surface area contributed by atoms with Crippen LogP contribution >= 0.6 is 23.2 Å². The highest BCUT2D eigenvalue weighted by Gasteiger charge is 2.50. The molecule has 11 heteroatoms. The van der Waals surface area contributed by atoms with Gasteiger partial charge in [-0.25, -0.2) is 0 Å². The van der Waals surface area contributed by atoms with Gasteiger partial charge in [-0.15, -0.1) is 5.10 Å². The van der Waals surface area contributed by atoms with E-state index in [0.29, 0.717) is 0 Å². The molecule has 2 aromatic rings. The average molecular weight is 466 g/mol. The lowest BCUT2D eigenvalue weighted by molar-refractivity contribution is -0.195. The van der Waals surface area contributed by atoms with Crippen LogP contribution in [0.25, 0.3) is 0 Å². The molecule has 1 aliphatic heterocycles. The smallest absolute Gasteiger partial charge is 0.342 e. The maximum Gasteiger partial charge on any atom is 0.408 e. The third-order valence-electron chi connectivity index (χ3n) is 4.46. The van der Waals surface area contributed by atoms with E-state index in [2.05, 4.69) is 5.10 Å². The largest absolute Gasteiger partial charge is 0.408 e. The zero-order valence-electron chi connectivity index (χ0n) is 15.0. The molecule has 1 aliphatic rings. The summed E-state index contributed by atoms with van der Waals surface area (Å²) in [6.07, 6.45) is -4.65. The minimum atomic E-state index is -4.51. The Hall–Kier alpha value is -1.97. The summed E-state index contributed by atoms with van der Waals surface area (Å²) in [6, 6.07) is 8.54. The van der Waals surface area contributed by atoms with E-state index in [1.165, 1.54) is 30.3 Å².